The van der Waals surface area contributed by atoms with Crippen molar-refractivity contribution >= 4 is 39.1 Å². The number of carbonyl (C=O) groups is 2. The number of nitrogens with one attached hydrogen (secondary N) is 1. The molecule has 42 heavy (non-hydrogen) atoms. The molecular weight excluding hydrogens is 570 g/mol. The van der Waals surface area contributed by atoms with Gasteiger partial charge >= 0.3 is 0 Å². The van der Waals surface area contributed by atoms with Gasteiger partial charge in [-0.15, -0.1) is 0 Å². The normalized spacial score (nSPS) is 11.9. The molecule has 0 aromatic heterocycles. The van der Waals surface area contributed by atoms with Gasteiger partial charge < -0.3 is 10.2 Å². The van der Waals surface area contributed by atoms with Gasteiger partial charge in [0.1, 0.15) is 12.6 Å². The maximum absolute atomic E-state index is 14.3. The molecule has 0 saturated carbocycles. The third-order valence-corrected chi connectivity index (χ3v) is 8.86. The predicted molar refractivity (Wildman–Crippen MR) is 167 cm³/mol. The van der Waals surface area contributed by atoms with E-state index in [4.69, 9.17) is 11.6 Å². The van der Waals surface area contributed by atoms with E-state index in [1.54, 1.807) is 30.3 Å². The van der Waals surface area contributed by atoms with E-state index in [0.717, 1.165) is 21.0 Å². The Morgan fingerprint density at radius 2 is 1.40 bits per heavy atom. The summed E-state index contributed by atoms with van der Waals surface area (Å²) in [4.78, 5) is 29.3. The van der Waals surface area contributed by atoms with Crippen LogP contribution in [0.15, 0.2) is 114 Å². The Morgan fingerprint density at radius 1 is 0.810 bits per heavy atom. The summed E-state index contributed by atoms with van der Waals surface area (Å²) >= 11 is 6.02. The van der Waals surface area contributed by atoms with Crippen molar-refractivity contribution in [2.24, 2.45) is 0 Å². The molecule has 4 aromatic rings. The topological polar surface area (TPSA) is 86.8 Å². The first kappa shape index (κ1) is 30.8. The number of benzene rings is 4. The number of carbonyl (C=O) groups excluding carboxylic acids is 2. The van der Waals surface area contributed by atoms with Crippen molar-refractivity contribution in [2.45, 2.75) is 37.8 Å². The number of anilines is 1. The number of aryl methyl sites for hydroxylation is 1. The molecule has 0 radical (unpaired) electrons. The molecule has 0 aliphatic carbocycles. The number of rotatable bonds is 12. The van der Waals surface area contributed by atoms with Gasteiger partial charge in [0.25, 0.3) is 10.0 Å². The van der Waals surface area contributed by atoms with Gasteiger partial charge in [-0.05, 0) is 61.4 Å². The molecule has 9 heteroatoms. The van der Waals surface area contributed by atoms with Gasteiger partial charge in [-0.25, -0.2) is 8.42 Å². The predicted octanol–water partition coefficient (Wildman–Crippen LogP) is 5.62. The highest BCUT2D eigenvalue weighted by molar-refractivity contribution is 7.92. The first-order valence-electron chi connectivity index (χ1n) is 13.7. The molecular formula is C33H34ClN3O4S. The number of sulfonamides is 1. The zero-order valence-corrected chi connectivity index (χ0v) is 25.2. The highest BCUT2D eigenvalue weighted by Gasteiger charge is 2.34. The lowest BCUT2D eigenvalue weighted by Gasteiger charge is -2.33. The van der Waals surface area contributed by atoms with Crippen molar-refractivity contribution in [3.8, 4) is 0 Å². The van der Waals surface area contributed by atoms with E-state index in [1.807, 2.05) is 68.4 Å². The monoisotopic (exact) mass is 603 g/mol. The number of likely N-dealkylation sites (N-methyl/N-ethyl adjacent to an activating group) is 1. The number of hydrogen-bond acceptors (Lipinski definition) is 4. The number of hydrogen-bond donors (Lipinski definition) is 1. The van der Waals surface area contributed by atoms with Crippen molar-refractivity contribution in [3.63, 3.8) is 0 Å². The van der Waals surface area contributed by atoms with Gasteiger partial charge in [0.05, 0.1) is 10.6 Å². The lowest BCUT2D eigenvalue weighted by Crippen LogP contribution is -2.53. The lowest BCUT2D eigenvalue weighted by atomic mass is 10.0. The zero-order chi connectivity index (χ0) is 30.1. The van der Waals surface area contributed by atoms with Crippen molar-refractivity contribution in [2.75, 3.05) is 17.4 Å². The molecule has 2 amide bonds. The summed E-state index contributed by atoms with van der Waals surface area (Å²) in [6, 6.07) is 30.6. The van der Waals surface area contributed by atoms with Crippen LogP contribution in [-0.4, -0.2) is 44.3 Å². The number of amides is 2. The maximum Gasteiger partial charge on any atom is 0.264 e. The summed E-state index contributed by atoms with van der Waals surface area (Å²) in [6.07, 6.45) is 0.263. The minimum atomic E-state index is -4.17. The minimum Gasteiger partial charge on any atom is -0.355 e. The molecule has 218 valence electrons. The second-order valence-electron chi connectivity index (χ2n) is 9.91. The van der Waals surface area contributed by atoms with Gasteiger partial charge in [0.2, 0.25) is 11.8 Å². The fourth-order valence-electron chi connectivity index (χ4n) is 4.59. The molecule has 0 spiro atoms. The number of halogens is 1. The van der Waals surface area contributed by atoms with Crippen molar-refractivity contribution in [3.05, 3.63) is 131 Å². The summed E-state index contributed by atoms with van der Waals surface area (Å²) in [6.45, 7) is 3.79. The zero-order valence-electron chi connectivity index (χ0n) is 23.6. The van der Waals surface area contributed by atoms with E-state index >= 15 is 0 Å². The SMILES string of the molecule is CCNC(=O)[C@H](Cc1ccccc1)N(Cc1ccc(C)cc1)C(=O)CN(c1ccccc1)S(=O)(=O)c1ccc(Cl)cc1. The molecule has 0 aliphatic rings. The van der Waals surface area contributed by atoms with Crippen LogP contribution in [0.5, 0.6) is 0 Å². The Bertz CT molecular complexity index is 1580. The summed E-state index contributed by atoms with van der Waals surface area (Å²) in [7, 11) is -4.17. The molecule has 0 aliphatic heterocycles. The van der Waals surface area contributed by atoms with Gasteiger partial charge in [0.15, 0.2) is 0 Å². The van der Waals surface area contributed by atoms with Crippen molar-refractivity contribution < 1.29 is 18.0 Å². The fraction of sp³-hybridized carbons (Fsp3) is 0.212. The number of para-hydroxylation sites is 1. The van der Waals surface area contributed by atoms with Crippen LogP contribution < -0.4 is 9.62 Å². The maximum atomic E-state index is 14.3. The highest BCUT2D eigenvalue weighted by Crippen LogP contribution is 2.26. The Kier molecular flexibility index (Phi) is 10.4. The first-order valence-corrected chi connectivity index (χ1v) is 15.5. The lowest BCUT2D eigenvalue weighted by molar-refractivity contribution is -0.140. The fourth-order valence-corrected chi connectivity index (χ4v) is 6.13. The van der Waals surface area contributed by atoms with Crippen molar-refractivity contribution in [1.29, 1.82) is 0 Å². The highest BCUT2D eigenvalue weighted by atomic mass is 35.5. The molecule has 0 heterocycles. The Hall–Kier alpha value is -4.14. The van der Waals surface area contributed by atoms with Gasteiger partial charge in [-0.2, -0.15) is 0 Å². The largest absolute Gasteiger partial charge is 0.355 e. The van der Waals surface area contributed by atoms with Crippen LogP contribution in [0.2, 0.25) is 5.02 Å². The molecule has 0 saturated heterocycles. The van der Waals surface area contributed by atoms with Crippen molar-refractivity contribution in [1.82, 2.24) is 10.2 Å². The quantitative estimate of drug-likeness (QED) is 0.228. The minimum absolute atomic E-state index is 0.00167. The van der Waals surface area contributed by atoms with Crippen LogP contribution in [0.25, 0.3) is 0 Å². The van der Waals surface area contributed by atoms with Crippen LogP contribution in [0.3, 0.4) is 0 Å². The third-order valence-electron chi connectivity index (χ3n) is 6.82. The molecule has 1 N–H and O–H groups in total. The van der Waals surface area contributed by atoms with E-state index in [-0.39, 0.29) is 23.8 Å². The summed E-state index contributed by atoms with van der Waals surface area (Å²) in [5.74, 6) is -0.821. The first-order chi connectivity index (χ1) is 20.2. The van der Waals surface area contributed by atoms with Crippen LogP contribution >= 0.6 is 11.6 Å². The molecule has 0 unspecified atom stereocenters. The second-order valence-corrected chi connectivity index (χ2v) is 12.2. The number of nitrogens with zero attached hydrogens (tertiary/aromatic N) is 2. The Labute approximate surface area is 252 Å². The Morgan fingerprint density at radius 3 is 2.00 bits per heavy atom. The summed E-state index contributed by atoms with van der Waals surface area (Å²) in [5.41, 5.74) is 3.09. The van der Waals surface area contributed by atoms with E-state index in [9.17, 15) is 18.0 Å². The van der Waals surface area contributed by atoms with Gasteiger partial charge in [-0.3, -0.25) is 13.9 Å². The van der Waals surface area contributed by atoms with Gasteiger partial charge in [-0.1, -0.05) is 90.0 Å². The smallest absolute Gasteiger partial charge is 0.264 e. The third kappa shape index (κ3) is 7.78. The standard InChI is InChI=1S/C33H34ClN3O4S/c1-3-35-33(39)31(22-26-10-6-4-7-11-26)36(23-27-16-14-25(2)15-17-27)32(38)24-37(29-12-8-5-9-13-29)42(40,41)30-20-18-28(34)19-21-30/h4-21,31H,3,22-24H2,1-2H3,(H,35,39)/t31-/m0/s1. The van der Waals surface area contributed by atoms with Crippen LogP contribution in [0, 0.1) is 6.92 Å². The van der Waals surface area contributed by atoms with Gasteiger partial charge in [0, 0.05) is 24.5 Å². The van der Waals surface area contributed by atoms with E-state index < -0.39 is 28.5 Å². The molecule has 1 atom stereocenters. The molecule has 7 nitrogen and oxygen atoms in total. The van der Waals surface area contributed by atoms with Crippen LogP contribution in [-0.2, 0) is 32.6 Å². The van der Waals surface area contributed by atoms with E-state index in [1.165, 1.54) is 29.2 Å². The van der Waals surface area contributed by atoms with Crippen LogP contribution in [0.4, 0.5) is 5.69 Å². The molecule has 4 aromatic carbocycles. The Balaban J connectivity index is 1.77. The van der Waals surface area contributed by atoms with Crippen LogP contribution in [0.1, 0.15) is 23.6 Å². The molecule has 0 bridgehead atoms. The average Bonchev–Trinajstić information content (AvgIpc) is 2.99. The summed E-state index contributed by atoms with van der Waals surface area (Å²) in [5, 5.41) is 3.26. The molecule has 0 fully saturated rings. The average molecular weight is 604 g/mol. The van der Waals surface area contributed by atoms with E-state index in [0.29, 0.717) is 17.3 Å². The molecule has 4 rings (SSSR count). The second kappa shape index (κ2) is 14.2. The summed E-state index contributed by atoms with van der Waals surface area (Å²) < 4.78 is 28.9. The van der Waals surface area contributed by atoms with E-state index in [2.05, 4.69) is 5.32 Å².